The first-order chi connectivity index (χ1) is 12.0. The Bertz CT molecular complexity index is 685. The zero-order valence-electron chi connectivity index (χ0n) is 13.4. The molecule has 10 heteroatoms. The summed E-state index contributed by atoms with van der Waals surface area (Å²) in [5.74, 6) is -0.952. The van der Waals surface area contributed by atoms with Crippen LogP contribution in [0.1, 0.15) is 12.7 Å². The maximum absolute atomic E-state index is 11.9. The summed E-state index contributed by atoms with van der Waals surface area (Å²) in [6.45, 7) is 1.62. The van der Waals surface area contributed by atoms with Crippen molar-refractivity contribution in [2.45, 2.75) is 13.5 Å². The normalized spacial score (nSPS) is 15.3. The third-order valence-corrected chi connectivity index (χ3v) is 4.02. The molecule has 1 aromatic heterocycles. The molecule has 0 aliphatic carbocycles. The number of esters is 1. The predicted molar refractivity (Wildman–Crippen MR) is 88.0 cm³/mol. The van der Waals surface area contributed by atoms with Crippen LogP contribution in [0.3, 0.4) is 0 Å². The summed E-state index contributed by atoms with van der Waals surface area (Å²) in [6, 6.07) is 2.64. The lowest BCUT2D eigenvalue weighted by Gasteiger charge is -2.16. The van der Waals surface area contributed by atoms with Gasteiger partial charge in [0.1, 0.15) is 12.3 Å². The van der Waals surface area contributed by atoms with Gasteiger partial charge in [0, 0.05) is 0 Å². The van der Waals surface area contributed by atoms with Gasteiger partial charge in [0.15, 0.2) is 0 Å². The average molecular weight is 367 g/mol. The fourth-order valence-electron chi connectivity index (χ4n) is 1.92. The number of carbonyl (C=O) groups is 4. The van der Waals surface area contributed by atoms with Gasteiger partial charge >= 0.3 is 12.0 Å². The molecule has 1 saturated heterocycles. The molecule has 2 N–H and O–H groups in total. The van der Waals surface area contributed by atoms with Crippen molar-refractivity contribution in [3.63, 3.8) is 0 Å². The minimum absolute atomic E-state index is 0.114. The molecule has 1 aliphatic rings. The van der Waals surface area contributed by atoms with E-state index >= 15 is 0 Å². The van der Waals surface area contributed by atoms with Crippen molar-refractivity contribution in [1.29, 1.82) is 0 Å². The molecule has 2 heterocycles. The minimum atomic E-state index is -0.711. The Kier molecular flexibility index (Phi) is 6.63. The van der Waals surface area contributed by atoms with Crippen molar-refractivity contribution in [2.75, 3.05) is 18.9 Å². The topological polar surface area (TPSA) is 118 Å². The van der Waals surface area contributed by atoms with E-state index in [4.69, 9.17) is 9.15 Å². The molecular weight excluding hydrogens is 350 g/mol. The van der Waals surface area contributed by atoms with E-state index in [-0.39, 0.29) is 31.4 Å². The van der Waals surface area contributed by atoms with E-state index < -0.39 is 17.9 Å². The molecule has 0 atom stereocenters. The zero-order chi connectivity index (χ0) is 18.2. The number of nitrogens with zero attached hydrogens (tertiary/aromatic N) is 1. The van der Waals surface area contributed by atoms with Crippen LogP contribution in [0.25, 0.3) is 0 Å². The highest BCUT2D eigenvalue weighted by Crippen LogP contribution is 2.28. The Morgan fingerprint density at radius 1 is 1.44 bits per heavy atom. The highest BCUT2D eigenvalue weighted by atomic mass is 32.2. The predicted octanol–water partition coefficient (Wildman–Crippen LogP) is 0.585. The Morgan fingerprint density at radius 2 is 2.24 bits per heavy atom. The van der Waals surface area contributed by atoms with Crippen LogP contribution in [0.5, 0.6) is 0 Å². The standard InChI is InChI=1S/C15H17N3O6S/c1-2-23-14(21)6-13-18(12(20)9-25-13)8-11(19)17-15(22)16-7-10-4-3-5-24-10/h3-6H,2,7-9H2,1H3,(H2,16,17,19,22)/b13-6-. The molecule has 1 aromatic rings. The number of carbonyl (C=O) groups excluding carboxylic acids is 4. The Hall–Kier alpha value is -2.75. The van der Waals surface area contributed by atoms with Crippen molar-refractivity contribution < 1.29 is 28.3 Å². The molecule has 0 unspecified atom stereocenters. The van der Waals surface area contributed by atoms with Gasteiger partial charge in [-0.2, -0.15) is 0 Å². The third kappa shape index (κ3) is 5.68. The van der Waals surface area contributed by atoms with Gasteiger partial charge in [-0.1, -0.05) is 11.8 Å². The number of thioether (sulfide) groups is 1. The summed E-state index contributed by atoms with van der Waals surface area (Å²) in [5.41, 5.74) is 0. The van der Waals surface area contributed by atoms with Crippen LogP contribution >= 0.6 is 11.8 Å². The first-order valence-electron chi connectivity index (χ1n) is 7.41. The summed E-state index contributed by atoms with van der Waals surface area (Å²) < 4.78 is 9.83. The second kappa shape index (κ2) is 8.92. The monoisotopic (exact) mass is 367 g/mol. The number of rotatable bonds is 6. The van der Waals surface area contributed by atoms with Gasteiger partial charge in [-0.15, -0.1) is 0 Å². The maximum Gasteiger partial charge on any atom is 0.333 e. The van der Waals surface area contributed by atoms with E-state index in [0.29, 0.717) is 10.8 Å². The summed E-state index contributed by atoms with van der Waals surface area (Å²) in [5, 5.41) is 4.88. The van der Waals surface area contributed by atoms with Crippen molar-refractivity contribution in [3.05, 3.63) is 35.3 Å². The summed E-state index contributed by atoms with van der Waals surface area (Å²) in [7, 11) is 0. The highest BCUT2D eigenvalue weighted by molar-refractivity contribution is 8.04. The Morgan fingerprint density at radius 3 is 2.92 bits per heavy atom. The number of urea groups is 1. The van der Waals surface area contributed by atoms with Gasteiger partial charge in [0.2, 0.25) is 11.8 Å². The van der Waals surface area contributed by atoms with Crippen molar-refractivity contribution >= 4 is 35.6 Å². The van der Waals surface area contributed by atoms with Gasteiger partial charge < -0.3 is 14.5 Å². The quantitative estimate of drug-likeness (QED) is 0.558. The molecule has 9 nitrogen and oxygen atoms in total. The second-order valence-electron chi connectivity index (χ2n) is 4.81. The molecule has 134 valence electrons. The first kappa shape index (κ1) is 18.6. The van der Waals surface area contributed by atoms with Crippen molar-refractivity contribution in [1.82, 2.24) is 15.5 Å². The molecule has 0 spiro atoms. The van der Waals surface area contributed by atoms with Gasteiger partial charge in [0.05, 0.1) is 36.3 Å². The molecule has 1 aliphatic heterocycles. The molecule has 25 heavy (non-hydrogen) atoms. The number of nitrogens with one attached hydrogen (secondary N) is 2. The van der Waals surface area contributed by atoms with Crippen molar-refractivity contribution in [2.24, 2.45) is 0 Å². The van der Waals surface area contributed by atoms with E-state index in [1.807, 2.05) is 0 Å². The SMILES string of the molecule is CCOC(=O)/C=C1\SCC(=O)N1CC(=O)NC(=O)NCc1ccco1. The Balaban J connectivity index is 1.85. The number of imide groups is 1. The van der Waals surface area contributed by atoms with E-state index in [1.54, 1.807) is 19.1 Å². The minimum Gasteiger partial charge on any atom is -0.467 e. The first-order valence-corrected chi connectivity index (χ1v) is 8.39. The molecule has 1 fully saturated rings. The van der Waals surface area contributed by atoms with Crippen LogP contribution in [-0.4, -0.2) is 47.6 Å². The summed E-state index contributed by atoms with van der Waals surface area (Å²) in [6.07, 6.45) is 2.62. The van der Waals surface area contributed by atoms with Crippen LogP contribution in [0.15, 0.2) is 33.9 Å². The molecule has 0 saturated carbocycles. The fourth-order valence-corrected chi connectivity index (χ4v) is 2.85. The van der Waals surface area contributed by atoms with Gasteiger partial charge in [-0.25, -0.2) is 9.59 Å². The van der Waals surface area contributed by atoms with E-state index in [1.165, 1.54) is 6.26 Å². The van der Waals surface area contributed by atoms with E-state index in [9.17, 15) is 19.2 Å². The van der Waals surface area contributed by atoms with Gasteiger partial charge in [-0.3, -0.25) is 19.8 Å². The molecule has 0 aromatic carbocycles. The number of amides is 4. The smallest absolute Gasteiger partial charge is 0.333 e. The number of furan rings is 1. The maximum atomic E-state index is 11.9. The van der Waals surface area contributed by atoms with E-state index in [0.717, 1.165) is 22.7 Å². The van der Waals surface area contributed by atoms with Crippen LogP contribution < -0.4 is 10.6 Å². The number of hydrogen-bond donors (Lipinski definition) is 2. The van der Waals surface area contributed by atoms with Crippen LogP contribution in [0, 0.1) is 0 Å². The van der Waals surface area contributed by atoms with Crippen LogP contribution in [-0.2, 0) is 25.7 Å². The highest BCUT2D eigenvalue weighted by Gasteiger charge is 2.29. The molecule has 4 amide bonds. The second-order valence-corrected chi connectivity index (χ2v) is 5.81. The lowest BCUT2D eigenvalue weighted by Crippen LogP contribution is -2.44. The van der Waals surface area contributed by atoms with Crippen LogP contribution in [0.4, 0.5) is 4.79 Å². The van der Waals surface area contributed by atoms with Crippen molar-refractivity contribution in [3.8, 4) is 0 Å². The number of hydrogen-bond acceptors (Lipinski definition) is 7. The third-order valence-electron chi connectivity index (χ3n) is 3.00. The number of ether oxygens (including phenoxy) is 1. The Labute approximate surface area is 147 Å². The average Bonchev–Trinajstić information content (AvgIpc) is 3.18. The van der Waals surface area contributed by atoms with Gasteiger partial charge in [-0.05, 0) is 19.1 Å². The van der Waals surface area contributed by atoms with Gasteiger partial charge in [0.25, 0.3) is 0 Å². The lowest BCUT2D eigenvalue weighted by molar-refractivity contribution is -0.137. The lowest BCUT2D eigenvalue weighted by atomic mass is 10.4. The molecule has 0 radical (unpaired) electrons. The summed E-state index contributed by atoms with van der Waals surface area (Å²) in [4.78, 5) is 48.1. The zero-order valence-corrected chi connectivity index (χ0v) is 14.3. The van der Waals surface area contributed by atoms with E-state index in [2.05, 4.69) is 10.6 Å². The fraction of sp³-hybridized carbons (Fsp3) is 0.333. The van der Waals surface area contributed by atoms with Crippen LogP contribution in [0.2, 0.25) is 0 Å². The molecule has 0 bridgehead atoms. The summed E-state index contributed by atoms with van der Waals surface area (Å²) >= 11 is 1.13. The largest absolute Gasteiger partial charge is 0.467 e. The molecule has 2 rings (SSSR count). The molecular formula is C15H17N3O6S.